The first-order valence-electron chi connectivity index (χ1n) is 6.63. The molecule has 4 heteroatoms. The average molecular weight is 265 g/mol. The quantitative estimate of drug-likeness (QED) is 0.673. The Labute approximate surface area is 117 Å². The molecule has 0 aliphatic heterocycles. The maximum absolute atomic E-state index is 10.9. The number of nitrogens with zero attached hydrogens (tertiary/aromatic N) is 3. The van der Waals surface area contributed by atoms with Gasteiger partial charge in [0.25, 0.3) is 0 Å². The van der Waals surface area contributed by atoms with Crippen molar-refractivity contribution in [1.29, 1.82) is 0 Å². The van der Waals surface area contributed by atoms with Crippen LogP contribution in [0.4, 0.5) is 5.82 Å². The van der Waals surface area contributed by atoms with Crippen LogP contribution in [-0.2, 0) is 12.8 Å². The maximum Gasteiger partial charge on any atom is 0.204 e. The van der Waals surface area contributed by atoms with Gasteiger partial charge in [0.1, 0.15) is 5.65 Å². The normalized spacial score (nSPS) is 10.8. The first-order chi connectivity index (χ1) is 9.79. The SMILES string of the molecule is Cc1nc2c(CCc3ccccc3)cccn2c1N=O. The predicted molar refractivity (Wildman–Crippen MR) is 79.2 cm³/mol. The molecule has 3 rings (SSSR count). The topological polar surface area (TPSA) is 46.7 Å². The number of aryl methyl sites for hydroxylation is 3. The zero-order chi connectivity index (χ0) is 13.9. The molecular weight excluding hydrogens is 250 g/mol. The lowest BCUT2D eigenvalue weighted by Crippen LogP contribution is -1.95. The lowest BCUT2D eigenvalue weighted by Gasteiger charge is -2.04. The van der Waals surface area contributed by atoms with E-state index in [0.29, 0.717) is 11.5 Å². The van der Waals surface area contributed by atoms with Crippen LogP contribution >= 0.6 is 0 Å². The van der Waals surface area contributed by atoms with Crippen molar-refractivity contribution in [2.75, 3.05) is 0 Å². The maximum atomic E-state index is 10.9. The first kappa shape index (κ1) is 12.5. The number of fused-ring (bicyclic) bond motifs is 1. The molecular formula is C16H15N3O. The second-order valence-corrected chi connectivity index (χ2v) is 4.82. The minimum atomic E-state index is 0.390. The molecule has 0 atom stereocenters. The van der Waals surface area contributed by atoms with Gasteiger partial charge in [-0.3, -0.25) is 4.40 Å². The second kappa shape index (κ2) is 5.25. The van der Waals surface area contributed by atoms with E-state index in [-0.39, 0.29) is 0 Å². The summed E-state index contributed by atoms with van der Waals surface area (Å²) in [4.78, 5) is 15.3. The molecule has 2 heterocycles. The molecule has 0 fully saturated rings. The molecule has 4 nitrogen and oxygen atoms in total. The molecule has 0 N–H and O–H groups in total. The lowest BCUT2D eigenvalue weighted by molar-refractivity contribution is 0.951. The third kappa shape index (κ3) is 2.20. The van der Waals surface area contributed by atoms with Gasteiger partial charge in [0.05, 0.1) is 5.69 Å². The average Bonchev–Trinajstić information content (AvgIpc) is 2.82. The number of benzene rings is 1. The Hall–Kier alpha value is -2.49. The van der Waals surface area contributed by atoms with Crippen LogP contribution in [0.3, 0.4) is 0 Å². The summed E-state index contributed by atoms with van der Waals surface area (Å²) in [5.74, 6) is 0.390. The third-order valence-electron chi connectivity index (χ3n) is 3.49. The van der Waals surface area contributed by atoms with Crippen LogP contribution in [-0.4, -0.2) is 9.38 Å². The fourth-order valence-electron chi connectivity index (χ4n) is 2.45. The first-order valence-corrected chi connectivity index (χ1v) is 6.63. The summed E-state index contributed by atoms with van der Waals surface area (Å²) < 4.78 is 1.77. The van der Waals surface area contributed by atoms with Crippen LogP contribution in [0.25, 0.3) is 5.65 Å². The van der Waals surface area contributed by atoms with Gasteiger partial charge < -0.3 is 0 Å². The van der Waals surface area contributed by atoms with Crippen LogP contribution in [0.15, 0.2) is 53.8 Å². The van der Waals surface area contributed by atoms with Gasteiger partial charge in [0.15, 0.2) is 0 Å². The Kier molecular flexibility index (Phi) is 3.29. The molecule has 0 saturated carbocycles. The molecule has 0 aliphatic rings. The number of aromatic nitrogens is 2. The van der Waals surface area contributed by atoms with Crippen molar-refractivity contribution in [2.24, 2.45) is 5.18 Å². The van der Waals surface area contributed by atoms with E-state index in [9.17, 15) is 4.91 Å². The summed E-state index contributed by atoms with van der Waals surface area (Å²) in [6.07, 6.45) is 3.68. The van der Waals surface area contributed by atoms with E-state index >= 15 is 0 Å². The van der Waals surface area contributed by atoms with Crippen molar-refractivity contribution in [3.05, 3.63) is 70.4 Å². The van der Waals surface area contributed by atoms with E-state index in [1.165, 1.54) is 5.56 Å². The third-order valence-corrected chi connectivity index (χ3v) is 3.49. The van der Waals surface area contributed by atoms with E-state index in [2.05, 4.69) is 28.4 Å². The second-order valence-electron chi connectivity index (χ2n) is 4.82. The van der Waals surface area contributed by atoms with Gasteiger partial charge in [-0.25, -0.2) is 4.98 Å². The monoisotopic (exact) mass is 265 g/mol. The molecule has 0 radical (unpaired) electrons. The molecule has 2 aromatic heterocycles. The van der Waals surface area contributed by atoms with Gasteiger partial charge >= 0.3 is 0 Å². The Morgan fingerprint density at radius 2 is 1.90 bits per heavy atom. The molecule has 0 amide bonds. The highest BCUT2D eigenvalue weighted by Gasteiger charge is 2.11. The number of nitroso groups, excluding NO2 is 1. The number of rotatable bonds is 4. The molecule has 3 aromatic rings. The number of pyridine rings is 1. The van der Waals surface area contributed by atoms with Crippen LogP contribution in [0, 0.1) is 11.8 Å². The highest BCUT2D eigenvalue weighted by molar-refractivity contribution is 5.56. The molecule has 0 spiro atoms. The van der Waals surface area contributed by atoms with Gasteiger partial charge in [0.2, 0.25) is 5.82 Å². The molecule has 100 valence electrons. The Morgan fingerprint density at radius 3 is 2.65 bits per heavy atom. The summed E-state index contributed by atoms with van der Waals surface area (Å²) in [6, 6.07) is 14.3. The highest BCUT2D eigenvalue weighted by Crippen LogP contribution is 2.23. The molecule has 1 aromatic carbocycles. The lowest BCUT2D eigenvalue weighted by atomic mass is 10.1. The molecule has 20 heavy (non-hydrogen) atoms. The Balaban J connectivity index is 1.94. The highest BCUT2D eigenvalue weighted by atomic mass is 16.3. The zero-order valence-corrected chi connectivity index (χ0v) is 11.3. The van der Waals surface area contributed by atoms with Crippen molar-refractivity contribution in [3.8, 4) is 0 Å². The van der Waals surface area contributed by atoms with Gasteiger partial charge in [-0.15, -0.1) is 4.91 Å². The van der Waals surface area contributed by atoms with E-state index < -0.39 is 0 Å². The minimum absolute atomic E-state index is 0.390. The van der Waals surface area contributed by atoms with Crippen molar-refractivity contribution < 1.29 is 0 Å². The van der Waals surface area contributed by atoms with Crippen molar-refractivity contribution in [2.45, 2.75) is 19.8 Å². The van der Waals surface area contributed by atoms with Crippen LogP contribution in [0.1, 0.15) is 16.8 Å². The summed E-state index contributed by atoms with van der Waals surface area (Å²) in [5.41, 5.74) is 3.93. The van der Waals surface area contributed by atoms with Crippen LogP contribution in [0.2, 0.25) is 0 Å². The van der Waals surface area contributed by atoms with Crippen molar-refractivity contribution >= 4 is 11.5 Å². The summed E-state index contributed by atoms with van der Waals surface area (Å²) in [6.45, 7) is 1.81. The van der Waals surface area contributed by atoms with E-state index in [4.69, 9.17) is 0 Å². The largest absolute Gasteiger partial charge is 0.281 e. The molecule has 0 aliphatic carbocycles. The molecule has 0 unspecified atom stereocenters. The summed E-state index contributed by atoms with van der Waals surface area (Å²) in [5, 5.41) is 3.07. The van der Waals surface area contributed by atoms with Gasteiger partial charge in [0, 0.05) is 6.20 Å². The molecule has 0 saturated heterocycles. The predicted octanol–water partition coefficient (Wildman–Crippen LogP) is 3.83. The van der Waals surface area contributed by atoms with Gasteiger partial charge in [-0.2, -0.15) is 0 Å². The smallest absolute Gasteiger partial charge is 0.204 e. The number of hydrogen-bond acceptors (Lipinski definition) is 3. The minimum Gasteiger partial charge on any atom is -0.281 e. The van der Waals surface area contributed by atoms with E-state index in [1.54, 1.807) is 4.40 Å². The fraction of sp³-hybridized carbons (Fsp3) is 0.188. The van der Waals surface area contributed by atoms with Gasteiger partial charge in [-0.1, -0.05) is 36.4 Å². The van der Waals surface area contributed by atoms with E-state index in [1.807, 2.05) is 37.4 Å². The van der Waals surface area contributed by atoms with Gasteiger partial charge in [-0.05, 0) is 42.1 Å². The Bertz CT molecular complexity index is 747. The van der Waals surface area contributed by atoms with Crippen LogP contribution in [0.5, 0.6) is 0 Å². The zero-order valence-electron chi connectivity index (χ0n) is 11.3. The fourth-order valence-corrected chi connectivity index (χ4v) is 2.45. The number of imidazole rings is 1. The molecule has 0 bridgehead atoms. The Morgan fingerprint density at radius 1 is 1.10 bits per heavy atom. The van der Waals surface area contributed by atoms with E-state index in [0.717, 1.165) is 24.1 Å². The van der Waals surface area contributed by atoms with Crippen molar-refractivity contribution in [1.82, 2.24) is 9.38 Å². The summed E-state index contributed by atoms with van der Waals surface area (Å²) >= 11 is 0. The number of hydrogen-bond donors (Lipinski definition) is 0. The summed E-state index contributed by atoms with van der Waals surface area (Å²) in [7, 11) is 0. The van der Waals surface area contributed by atoms with Crippen molar-refractivity contribution in [3.63, 3.8) is 0 Å². The standard InChI is InChI=1S/C16H15N3O/c1-12-15(18-20)19-11-5-8-14(16(19)17-12)10-9-13-6-3-2-4-7-13/h2-8,11H,9-10H2,1H3. The van der Waals surface area contributed by atoms with Crippen LogP contribution < -0.4 is 0 Å².